The number of hydrogen-bond donors (Lipinski definition) is 4. The summed E-state index contributed by atoms with van der Waals surface area (Å²) >= 11 is 0. The van der Waals surface area contributed by atoms with Crippen molar-refractivity contribution in [2.75, 3.05) is 13.1 Å². The van der Waals surface area contributed by atoms with Crippen LogP contribution in [0.15, 0.2) is 24.5 Å². The Hall–Kier alpha value is -1.01. The van der Waals surface area contributed by atoms with E-state index in [4.69, 9.17) is 5.21 Å². The van der Waals surface area contributed by atoms with Gasteiger partial charge in [0.2, 0.25) is 0 Å². The number of nitrogens with zero attached hydrogens (tertiary/aromatic N) is 1. The molecular formula is C9H14N4O. The fraction of sp³-hybridized carbons (Fsp3) is 0.444. The normalized spacial score (nSPS) is 26.6. The molecule has 2 rings (SSSR count). The van der Waals surface area contributed by atoms with Gasteiger partial charge < -0.3 is 5.21 Å². The number of nitrogens with one attached hydrogen (secondary N) is 3. The van der Waals surface area contributed by atoms with E-state index < -0.39 is 0 Å². The first-order chi connectivity index (χ1) is 6.92. The van der Waals surface area contributed by atoms with Crippen LogP contribution in [0.4, 0.5) is 0 Å². The van der Waals surface area contributed by atoms with Crippen molar-refractivity contribution in [3.8, 4) is 0 Å². The third-order valence-corrected chi connectivity index (χ3v) is 2.49. The lowest BCUT2D eigenvalue weighted by molar-refractivity contribution is 0.147. The third-order valence-electron chi connectivity index (χ3n) is 2.49. The molecule has 4 N–H and O–H groups in total. The predicted octanol–water partition coefficient (Wildman–Crippen LogP) is -0.174. The molecule has 14 heavy (non-hydrogen) atoms. The van der Waals surface area contributed by atoms with Gasteiger partial charge in [-0.25, -0.2) is 10.9 Å². The Kier molecular flexibility index (Phi) is 3.05. The highest BCUT2D eigenvalue weighted by Crippen LogP contribution is 2.22. The maximum Gasteiger partial charge on any atom is 0.0531 e. The molecule has 1 aromatic rings. The molecule has 5 nitrogen and oxygen atoms in total. The summed E-state index contributed by atoms with van der Waals surface area (Å²) in [6.45, 7) is 1.41. The second-order valence-electron chi connectivity index (χ2n) is 3.41. The SMILES string of the molecule is ONCC1CNNC1c1cccnc1. The van der Waals surface area contributed by atoms with Crippen LogP contribution in [-0.4, -0.2) is 23.3 Å². The molecule has 1 aliphatic rings. The highest BCUT2D eigenvalue weighted by molar-refractivity contribution is 5.16. The van der Waals surface area contributed by atoms with Crippen LogP contribution < -0.4 is 16.3 Å². The fourth-order valence-electron chi connectivity index (χ4n) is 1.76. The van der Waals surface area contributed by atoms with Gasteiger partial charge in [0.05, 0.1) is 6.04 Å². The van der Waals surface area contributed by atoms with Gasteiger partial charge in [0, 0.05) is 31.4 Å². The van der Waals surface area contributed by atoms with Crippen molar-refractivity contribution in [1.82, 2.24) is 21.3 Å². The summed E-state index contributed by atoms with van der Waals surface area (Å²) in [5, 5.41) is 8.67. The largest absolute Gasteiger partial charge is 0.317 e. The maximum absolute atomic E-state index is 8.67. The molecule has 1 fully saturated rings. The van der Waals surface area contributed by atoms with Crippen LogP contribution in [0.25, 0.3) is 0 Å². The summed E-state index contributed by atoms with van der Waals surface area (Å²) in [5.41, 5.74) is 9.59. The number of pyridine rings is 1. The van der Waals surface area contributed by atoms with E-state index >= 15 is 0 Å². The van der Waals surface area contributed by atoms with E-state index in [1.165, 1.54) is 0 Å². The Labute approximate surface area is 82.5 Å². The van der Waals surface area contributed by atoms with E-state index in [9.17, 15) is 0 Å². The maximum atomic E-state index is 8.67. The number of hydrazine groups is 1. The Morgan fingerprint density at radius 3 is 3.29 bits per heavy atom. The summed E-state index contributed by atoms with van der Waals surface area (Å²) in [5.74, 6) is 0.337. The molecule has 2 unspecified atom stereocenters. The van der Waals surface area contributed by atoms with Crippen molar-refractivity contribution in [1.29, 1.82) is 0 Å². The molecule has 0 spiro atoms. The highest BCUT2D eigenvalue weighted by atomic mass is 16.5. The zero-order valence-corrected chi connectivity index (χ0v) is 7.77. The lowest BCUT2D eigenvalue weighted by Crippen LogP contribution is -2.27. The van der Waals surface area contributed by atoms with Gasteiger partial charge in [-0.05, 0) is 11.6 Å². The number of hydroxylamine groups is 1. The van der Waals surface area contributed by atoms with Crippen LogP contribution in [0, 0.1) is 5.92 Å². The number of hydrogen-bond acceptors (Lipinski definition) is 5. The smallest absolute Gasteiger partial charge is 0.0531 e. The number of aromatic nitrogens is 1. The molecule has 5 heteroatoms. The van der Waals surface area contributed by atoms with E-state index in [0.717, 1.165) is 12.1 Å². The lowest BCUT2D eigenvalue weighted by atomic mass is 9.96. The second-order valence-corrected chi connectivity index (χ2v) is 3.41. The van der Waals surface area contributed by atoms with Gasteiger partial charge >= 0.3 is 0 Å². The molecule has 1 aliphatic heterocycles. The molecule has 0 amide bonds. The standard InChI is InChI=1S/C9H14N4O/c14-12-6-8-5-11-13-9(8)7-2-1-3-10-4-7/h1-4,8-9,11-14H,5-6H2. The summed E-state index contributed by atoms with van der Waals surface area (Å²) in [6.07, 6.45) is 3.60. The summed E-state index contributed by atoms with van der Waals surface area (Å²) in [4.78, 5) is 4.07. The van der Waals surface area contributed by atoms with Crippen molar-refractivity contribution in [2.45, 2.75) is 6.04 Å². The first-order valence-corrected chi connectivity index (χ1v) is 4.67. The van der Waals surface area contributed by atoms with E-state index in [1.54, 1.807) is 6.20 Å². The van der Waals surface area contributed by atoms with Gasteiger partial charge in [-0.15, -0.1) is 0 Å². The van der Waals surface area contributed by atoms with Crippen LogP contribution >= 0.6 is 0 Å². The summed E-state index contributed by atoms with van der Waals surface area (Å²) in [7, 11) is 0. The molecule has 2 heterocycles. The highest BCUT2D eigenvalue weighted by Gasteiger charge is 2.27. The zero-order valence-electron chi connectivity index (χ0n) is 7.77. The van der Waals surface area contributed by atoms with Crippen molar-refractivity contribution in [2.24, 2.45) is 5.92 Å². The van der Waals surface area contributed by atoms with Gasteiger partial charge in [0.15, 0.2) is 0 Å². The second kappa shape index (κ2) is 4.47. The zero-order chi connectivity index (χ0) is 9.80. The third kappa shape index (κ3) is 1.91. The molecule has 0 radical (unpaired) electrons. The minimum Gasteiger partial charge on any atom is -0.317 e. The average Bonchev–Trinajstić information content (AvgIpc) is 2.68. The van der Waals surface area contributed by atoms with Crippen LogP contribution in [-0.2, 0) is 0 Å². The Balaban J connectivity index is 2.10. The molecule has 1 aromatic heterocycles. The first-order valence-electron chi connectivity index (χ1n) is 4.67. The molecule has 0 bridgehead atoms. The van der Waals surface area contributed by atoms with Gasteiger partial charge in [-0.3, -0.25) is 10.4 Å². The minimum absolute atomic E-state index is 0.211. The molecule has 2 atom stereocenters. The van der Waals surface area contributed by atoms with Crippen LogP contribution in [0.2, 0.25) is 0 Å². The van der Waals surface area contributed by atoms with Gasteiger partial charge in [0.1, 0.15) is 0 Å². The summed E-state index contributed by atoms with van der Waals surface area (Å²) < 4.78 is 0. The van der Waals surface area contributed by atoms with E-state index in [2.05, 4.69) is 21.3 Å². The van der Waals surface area contributed by atoms with Crippen molar-refractivity contribution >= 4 is 0 Å². The minimum atomic E-state index is 0.211. The molecule has 0 aliphatic carbocycles. The van der Waals surface area contributed by atoms with Crippen molar-refractivity contribution in [3.05, 3.63) is 30.1 Å². The van der Waals surface area contributed by atoms with Crippen molar-refractivity contribution in [3.63, 3.8) is 0 Å². The molecule has 0 saturated carbocycles. The van der Waals surface area contributed by atoms with E-state index in [1.807, 2.05) is 18.3 Å². The predicted molar refractivity (Wildman–Crippen MR) is 51.4 cm³/mol. The van der Waals surface area contributed by atoms with Gasteiger partial charge in [-0.2, -0.15) is 0 Å². The molecular weight excluding hydrogens is 180 g/mol. The molecule has 0 aromatic carbocycles. The van der Waals surface area contributed by atoms with E-state index in [0.29, 0.717) is 12.5 Å². The Morgan fingerprint density at radius 2 is 2.57 bits per heavy atom. The topological polar surface area (TPSA) is 69.2 Å². The monoisotopic (exact) mass is 194 g/mol. The summed E-state index contributed by atoms with van der Waals surface area (Å²) in [6, 6.07) is 4.16. The van der Waals surface area contributed by atoms with Crippen LogP contribution in [0.1, 0.15) is 11.6 Å². The Bertz CT molecular complexity index is 279. The van der Waals surface area contributed by atoms with Crippen LogP contribution in [0.5, 0.6) is 0 Å². The Morgan fingerprint density at radius 1 is 1.64 bits per heavy atom. The lowest BCUT2D eigenvalue weighted by Gasteiger charge is -2.17. The fourth-order valence-corrected chi connectivity index (χ4v) is 1.76. The van der Waals surface area contributed by atoms with Gasteiger partial charge in [0.25, 0.3) is 0 Å². The quantitative estimate of drug-likeness (QED) is 0.503. The first kappa shape index (κ1) is 9.54. The van der Waals surface area contributed by atoms with Crippen molar-refractivity contribution < 1.29 is 5.21 Å². The van der Waals surface area contributed by atoms with E-state index in [-0.39, 0.29) is 6.04 Å². The molecule has 76 valence electrons. The number of rotatable bonds is 3. The van der Waals surface area contributed by atoms with Gasteiger partial charge in [-0.1, -0.05) is 6.07 Å². The molecule has 1 saturated heterocycles. The average molecular weight is 194 g/mol. The van der Waals surface area contributed by atoms with Crippen LogP contribution in [0.3, 0.4) is 0 Å².